The number of aromatic hydroxyl groups is 1. The van der Waals surface area contributed by atoms with Crippen LogP contribution in [0.15, 0.2) is 91.4 Å². The second-order valence-corrected chi connectivity index (χ2v) is 16.9. The summed E-state index contributed by atoms with van der Waals surface area (Å²) in [5.74, 6) is -1.83. The topological polar surface area (TPSA) is 300 Å². The van der Waals surface area contributed by atoms with Crippen LogP contribution in [-0.4, -0.2) is 88.3 Å². The number of ether oxygens (including phenoxy) is 1. The van der Waals surface area contributed by atoms with E-state index in [1.165, 1.54) is 12.1 Å². The number of hydrogen-bond acceptors (Lipinski definition) is 19. The summed E-state index contributed by atoms with van der Waals surface area (Å²) < 4.78 is 125. The zero-order chi connectivity index (χ0) is 37.8. The van der Waals surface area contributed by atoms with Gasteiger partial charge in [-0.1, -0.05) is 13.2 Å². The van der Waals surface area contributed by atoms with E-state index < -0.39 is 77.5 Å². The molecule has 19 nitrogen and oxygen atoms in total. The number of fused-ring (bicyclic) bond motifs is 1. The van der Waals surface area contributed by atoms with E-state index in [0.29, 0.717) is 12.1 Å². The van der Waals surface area contributed by atoms with Crippen LogP contribution >= 0.6 is 11.6 Å². The van der Waals surface area contributed by atoms with Crippen molar-refractivity contribution >= 4 is 91.2 Å². The van der Waals surface area contributed by atoms with Crippen LogP contribution in [0, 0.1) is 0 Å². The molecule has 4 rings (SSSR count). The molecule has 0 saturated heterocycles. The number of azo groups is 1. The molecule has 4 aromatic rings. The molecule has 3 N–H and O–H groups in total. The summed E-state index contributed by atoms with van der Waals surface area (Å²) >= 11 is 6.03. The van der Waals surface area contributed by atoms with E-state index in [0.717, 1.165) is 29.0 Å². The minimum Gasteiger partial charge on any atom is -0.744 e. The van der Waals surface area contributed by atoms with Crippen molar-refractivity contribution in [1.82, 2.24) is 15.0 Å². The van der Waals surface area contributed by atoms with Gasteiger partial charge in [0.2, 0.25) is 17.2 Å². The van der Waals surface area contributed by atoms with Crippen LogP contribution in [0.5, 0.6) is 5.75 Å². The maximum absolute atomic E-state index is 12.3. The van der Waals surface area contributed by atoms with Crippen LogP contribution < -0.4 is 91.6 Å². The Labute approximate surface area is 373 Å². The zero-order valence-electron chi connectivity index (χ0n) is 27.6. The number of anilines is 3. The molecule has 1 aromatic heterocycles. The van der Waals surface area contributed by atoms with Gasteiger partial charge in [-0.15, -0.1) is 5.11 Å². The van der Waals surface area contributed by atoms with E-state index in [1.807, 2.05) is 0 Å². The van der Waals surface area contributed by atoms with Gasteiger partial charge in [-0.25, -0.2) is 33.7 Å². The number of aromatic nitrogens is 3. The molecular formula is C27H24ClKN7NaO12S4. The second-order valence-electron chi connectivity index (χ2n) is 9.90. The molecule has 0 atom stereocenters. The molecule has 0 amide bonds. The molecule has 0 aliphatic heterocycles. The minimum atomic E-state index is -5.44. The normalized spacial score (nSPS) is 12.1. The van der Waals surface area contributed by atoms with Gasteiger partial charge >= 0.3 is 80.9 Å². The number of phenols is 1. The van der Waals surface area contributed by atoms with Crippen LogP contribution in [-0.2, 0) is 44.6 Å². The van der Waals surface area contributed by atoms with Crippen LogP contribution in [0.3, 0.4) is 0 Å². The van der Waals surface area contributed by atoms with Crippen LogP contribution in [0.4, 0.5) is 29.0 Å². The molecular weight excluding hydrogens is 840 g/mol. The van der Waals surface area contributed by atoms with E-state index in [1.54, 1.807) is 0 Å². The molecule has 0 aliphatic carbocycles. The SMILES string of the molecule is C=CS(=O)(=O)CCOCCNc1nc(Cl)nc(Nc2cc(S(=O)(=O)[O-])cc3cc(S(=O)(=O)[O-])c(N=Nc4ccc(S(=O)(=O)C=C)cc4)c(O)c23)n1.[K+].[Na+]. The average molecular weight is 864 g/mol. The average Bonchev–Trinajstić information content (AvgIpc) is 3.04. The number of nitrogens with zero attached hydrogens (tertiary/aromatic N) is 5. The second kappa shape index (κ2) is 19.2. The Kier molecular flexibility index (Phi) is 17.1. The Morgan fingerprint density at radius 3 is 2.08 bits per heavy atom. The Bertz CT molecular complexity index is 2510. The van der Waals surface area contributed by atoms with E-state index in [-0.39, 0.29) is 134 Å². The van der Waals surface area contributed by atoms with Crippen molar-refractivity contribution in [3.63, 3.8) is 0 Å². The first-order valence-electron chi connectivity index (χ1n) is 13.7. The van der Waals surface area contributed by atoms with E-state index in [9.17, 15) is 47.9 Å². The molecule has 0 unspecified atom stereocenters. The maximum Gasteiger partial charge on any atom is 1.00 e. The fraction of sp³-hybridized carbons (Fsp3) is 0.148. The minimum absolute atomic E-state index is 0. The molecule has 0 saturated carbocycles. The van der Waals surface area contributed by atoms with Gasteiger partial charge in [0.25, 0.3) is 0 Å². The molecule has 0 fully saturated rings. The van der Waals surface area contributed by atoms with Crippen molar-refractivity contribution < 1.29 is 134 Å². The van der Waals surface area contributed by atoms with E-state index in [4.69, 9.17) is 16.3 Å². The molecule has 0 aliphatic rings. The number of phenolic OH excluding ortho intramolecular Hbond substituents is 1. The fourth-order valence-electron chi connectivity index (χ4n) is 4.10. The number of rotatable bonds is 16. The smallest absolute Gasteiger partial charge is 0.744 e. The van der Waals surface area contributed by atoms with Crippen molar-refractivity contribution in [2.24, 2.45) is 10.2 Å². The maximum atomic E-state index is 12.3. The number of halogens is 1. The van der Waals surface area contributed by atoms with E-state index >= 15 is 0 Å². The molecule has 1 heterocycles. The third-order valence-corrected chi connectivity index (χ3v) is 10.9. The van der Waals surface area contributed by atoms with Gasteiger partial charge in [-0.3, -0.25) is 0 Å². The summed E-state index contributed by atoms with van der Waals surface area (Å²) in [7, 11) is -17.9. The first-order chi connectivity index (χ1) is 23.7. The summed E-state index contributed by atoms with van der Waals surface area (Å²) in [4.78, 5) is 9.62. The third kappa shape index (κ3) is 12.8. The number of hydrogen-bond donors (Lipinski definition) is 3. The summed E-state index contributed by atoms with van der Waals surface area (Å²) in [6.45, 7) is 6.35. The summed E-state index contributed by atoms with van der Waals surface area (Å²) in [5, 5.41) is 24.5. The van der Waals surface area contributed by atoms with Gasteiger partial charge in [0.1, 0.15) is 25.9 Å². The van der Waals surface area contributed by atoms with Crippen molar-refractivity contribution in [1.29, 1.82) is 0 Å². The molecule has 272 valence electrons. The molecule has 0 bridgehead atoms. The zero-order valence-corrected chi connectivity index (χ0v) is 36.8. The quantitative estimate of drug-likeness (QED) is 0.0446. The Balaban J connectivity index is 0.00000486. The van der Waals surface area contributed by atoms with Crippen molar-refractivity contribution in [3.05, 3.63) is 71.7 Å². The van der Waals surface area contributed by atoms with Crippen molar-refractivity contribution in [2.45, 2.75) is 14.7 Å². The van der Waals surface area contributed by atoms with Gasteiger partial charge in [-0.2, -0.15) is 20.1 Å². The number of nitrogens with one attached hydrogen (secondary N) is 2. The van der Waals surface area contributed by atoms with Crippen molar-refractivity contribution in [3.8, 4) is 5.75 Å². The van der Waals surface area contributed by atoms with Crippen LogP contribution in [0.1, 0.15) is 0 Å². The van der Waals surface area contributed by atoms with Gasteiger partial charge in [-0.05, 0) is 59.5 Å². The van der Waals surface area contributed by atoms with Crippen LogP contribution in [0.25, 0.3) is 10.8 Å². The van der Waals surface area contributed by atoms with Crippen molar-refractivity contribution in [2.75, 3.05) is 36.1 Å². The molecule has 0 spiro atoms. The molecule has 53 heavy (non-hydrogen) atoms. The van der Waals surface area contributed by atoms with Gasteiger partial charge in [0, 0.05) is 22.7 Å². The number of benzene rings is 3. The largest absolute Gasteiger partial charge is 1.00 e. The Morgan fingerprint density at radius 2 is 1.49 bits per heavy atom. The first kappa shape index (κ1) is 47.2. The summed E-state index contributed by atoms with van der Waals surface area (Å²) in [5.41, 5.74) is -1.33. The molecule has 26 heteroatoms. The third-order valence-electron chi connectivity index (χ3n) is 6.48. The van der Waals surface area contributed by atoms with Gasteiger partial charge in [0.05, 0.1) is 45.0 Å². The summed E-state index contributed by atoms with van der Waals surface area (Å²) in [6.07, 6.45) is 0. The van der Waals surface area contributed by atoms with Gasteiger partial charge in [0.15, 0.2) is 25.4 Å². The first-order valence-corrected chi connectivity index (χ1v) is 20.2. The standard InChI is InChI=1S/C27H26ClN7O12S4.K.Na/c1-3-48(37,38)12-11-47-10-9-29-26-31-25(28)32-27(33-26)30-20-15-19(50(41,42)43)13-16-14-21(51(44,45)46)23(24(36)22(16)20)35-34-17-5-7-18(8-6-17)49(39,40)4-2;;/h3-8,13-15,36H,1-2,9-12H2,(H,41,42,43)(H,44,45,46)(H2,29,30,31,32,33);;/q;2*+1/p-2. The van der Waals surface area contributed by atoms with Crippen LogP contribution in [0.2, 0.25) is 5.28 Å². The molecule has 0 radical (unpaired) electrons. The fourth-order valence-corrected chi connectivity index (χ4v) is 6.66. The van der Waals surface area contributed by atoms with E-state index in [2.05, 4.69) is 49.0 Å². The monoisotopic (exact) mass is 863 g/mol. The predicted octanol–water partition coefficient (Wildman–Crippen LogP) is -2.74. The Morgan fingerprint density at radius 1 is 0.849 bits per heavy atom. The number of sulfone groups is 2. The Hall–Kier alpha value is -1.98. The predicted molar refractivity (Wildman–Crippen MR) is 181 cm³/mol. The van der Waals surface area contributed by atoms with Gasteiger partial charge < -0.3 is 29.6 Å². The summed E-state index contributed by atoms with van der Waals surface area (Å²) in [6, 6.07) is 6.83. The molecule has 3 aromatic carbocycles.